The van der Waals surface area contributed by atoms with Crippen molar-refractivity contribution in [1.82, 2.24) is 5.16 Å². The van der Waals surface area contributed by atoms with Gasteiger partial charge in [0.25, 0.3) is 5.91 Å². The predicted molar refractivity (Wildman–Crippen MR) is 120 cm³/mol. The van der Waals surface area contributed by atoms with E-state index in [4.69, 9.17) is 0 Å². The molecule has 11 heteroatoms. The van der Waals surface area contributed by atoms with E-state index in [1.165, 1.54) is 37.3 Å². The molecule has 1 amide bonds. The second-order valence-electron chi connectivity index (χ2n) is 9.25. The summed E-state index contributed by atoms with van der Waals surface area (Å²) < 4.78 is 76.3. The fourth-order valence-corrected chi connectivity index (χ4v) is 5.02. The number of rotatable bonds is 5. The highest BCUT2D eigenvalue weighted by Gasteiger charge is 2.63. The Morgan fingerprint density at radius 3 is 2.47 bits per heavy atom. The van der Waals surface area contributed by atoms with Crippen molar-refractivity contribution in [2.24, 2.45) is 0 Å². The Hall–Kier alpha value is -3.34. The predicted octanol–water partition coefficient (Wildman–Crippen LogP) is 5.30. The maximum absolute atomic E-state index is 14.8. The lowest BCUT2D eigenvalue weighted by atomic mass is 9.63. The molecule has 1 heterocycles. The fourth-order valence-electron chi connectivity index (χ4n) is 5.02. The van der Waals surface area contributed by atoms with Crippen LogP contribution in [0.4, 0.5) is 27.6 Å². The quantitative estimate of drug-likeness (QED) is 0.455. The zero-order valence-corrected chi connectivity index (χ0v) is 19.2. The van der Waals surface area contributed by atoms with Crippen molar-refractivity contribution in [3.05, 3.63) is 69.7 Å². The largest absolute Gasteiger partial charge is 0.426 e. The number of hydrogen-bond acceptors (Lipinski definition) is 5. The van der Waals surface area contributed by atoms with Crippen LogP contribution >= 0.6 is 0 Å². The van der Waals surface area contributed by atoms with Crippen LogP contribution in [0.15, 0.2) is 45.7 Å². The first kappa shape index (κ1) is 25.7. The first-order valence-corrected chi connectivity index (χ1v) is 11.3. The van der Waals surface area contributed by atoms with E-state index < -0.39 is 46.8 Å². The zero-order valence-electron chi connectivity index (χ0n) is 19.2. The molecule has 1 aromatic heterocycles. The van der Waals surface area contributed by atoms with Crippen LogP contribution in [-0.2, 0) is 10.2 Å². The fraction of sp³-hybridized carbons (Fsp3) is 0.400. The Morgan fingerprint density at radius 1 is 1.11 bits per heavy atom. The lowest BCUT2D eigenvalue weighted by Crippen LogP contribution is -2.58. The first-order chi connectivity index (χ1) is 16.9. The third-order valence-corrected chi connectivity index (χ3v) is 6.93. The van der Waals surface area contributed by atoms with Gasteiger partial charge >= 0.3 is 11.8 Å². The molecule has 0 saturated heterocycles. The van der Waals surface area contributed by atoms with E-state index in [0.29, 0.717) is 19.3 Å². The molecule has 1 aliphatic carbocycles. The number of amides is 1. The maximum atomic E-state index is 14.8. The molecule has 4 rings (SSSR count). The molecule has 1 saturated carbocycles. The van der Waals surface area contributed by atoms with E-state index in [-0.39, 0.29) is 40.6 Å². The van der Waals surface area contributed by atoms with E-state index >= 15 is 0 Å². The molecule has 2 aromatic carbocycles. The molecule has 36 heavy (non-hydrogen) atoms. The average molecular weight is 510 g/mol. The van der Waals surface area contributed by atoms with E-state index in [9.17, 15) is 36.6 Å². The van der Waals surface area contributed by atoms with E-state index in [2.05, 4.69) is 15.0 Å². The molecule has 192 valence electrons. The minimum Gasteiger partial charge on any atom is -0.373 e. The zero-order chi connectivity index (χ0) is 26.3. The summed E-state index contributed by atoms with van der Waals surface area (Å²) in [5.74, 6) is -4.28. The number of nitrogens with zero attached hydrogens (tertiary/aromatic N) is 1. The minimum atomic E-state index is -5.43. The first-order valence-electron chi connectivity index (χ1n) is 11.3. The topological polar surface area (TPSA) is 92.4 Å². The summed E-state index contributed by atoms with van der Waals surface area (Å²) in [4.78, 5) is 24.9. The minimum absolute atomic E-state index is 0.0374. The number of hydrogen-bond donors (Lipinski definition) is 2. The highest BCUT2D eigenvalue weighted by molar-refractivity contribution is 5.99. The molecule has 1 unspecified atom stereocenters. The third kappa shape index (κ3) is 4.47. The standard InChI is InChI=1S/C25H23F5N2O4/c1-14-17-12-15(8-9-16(17)21(33)36-32-14)31-22(34)24(35,25(28,29)30)13-23(10-3-2-4-11-23)18-6-5-7-19(26)20(18)27/h5-9,12,35H,2-4,10-11,13H2,1H3,(H,31,34). The van der Waals surface area contributed by atoms with Gasteiger partial charge in [0.05, 0.1) is 11.1 Å². The van der Waals surface area contributed by atoms with Crippen molar-refractivity contribution in [2.75, 3.05) is 5.32 Å². The van der Waals surface area contributed by atoms with Crippen LogP contribution in [-0.4, -0.2) is 27.9 Å². The van der Waals surface area contributed by atoms with Crippen LogP contribution in [0, 0.1) is 18.6 Å². The van der Waals surface area contributed by atoms with Crippen molar-refractivity contribution in [3.63, 3.8) is 0 Å². The summed E-state index contributed by atoms with van der Waals surface area (Å²) in [6, 6.07) is 6.93. The number of carbonyl (C=O) groups is 1. The Bertz CT molecular complexity index is 1360. The smallest absolute Gasteiger partial charge is 0.373 e. The van der Waals surface area contributed by atoms with Crippen LogP contribution in [0.25, 0.3) is 10.8 Å². The monoisotopic (exact) mass is 510 g/mol. The normalized spacial score (nSPS) is 17.5. The van der Waals surface area contributed by atoms with Crippen LogP contribution in [0.1, 0.15) is 49.8 Å². The van der Waals surface area contributed by atoms with Crippen LogP contribution in [0.3, 0.4) is 0 Å². The number of aliphatic hydroxyl groups is 1. The van der Waals surface area contributed by atoms with Crippen molar-refractivity contribution in [3.8, 4) is 0 Å². The van der Waals surface area contributed by atoms with E-state index in [1.807, 2.05) is 0 Å². The number of halogens is 5. The molecule has 3 aromatic rings. The second kappa shape index (κ2) is 9.27. The van der Waals surface area contributed by atoms with Crippen LogP contribution in [0.5, 0.6) is 0 Å². The van der Waals surface area contributed by atoms with Gasteiger partial charge in [-0.3, -0.25) is 4.79 Å². The van der Waals surface area contributed by atoms with Crippen molar-refractivity contribution >= 4 is 22.4 Å². The van der Waals surface area contributed by atoms with Gasteiger partial charge in [-0.05, 0) is 49.6 Å². The number of alkyl halides is 3. The lowest BCUT2D eigenvalue weighted by molar-refractivity contribution is -0.256. The van der Waals surface area contributed by atoms with Gasteiger partial charge in [-0.1, -0.05) is 36.6 Å². The van der Waals surface area contributed by atoms with Gasteiger partial charge in [0.15, 0.2) is 11.6 Å². The molecule has 1 fully saturated rings. The highest BCUT2D eigenvalue weighted by atomic mass is 19.4. The molecule has 1 atom stereocenters. The molecule has 0 spiro atoms. The van der Waals surface area contributed by atoms with Gasteiger partial charge in [0, 0.05) is 22.9 Å². The SMILES string of the molecule is Cc1noc(=O)c2ccc(NC(=O)C(O)(CC3(c4cccc(F)c4F)CCCCC3)C(F)(F)F)cc12. The number of benzene rings is 2. The number of anilines is 1. The summed E-state index contributed by atoms with van der Waals surface area (Å²) in [5.41, 5.74) is -6.46. The number of fused-ring (bicyclic) bond motifs is 1. The molecule has 0 bridgehead atoms. The van der Waals surface area contributed by atoms with Crippen LogP contribution in [0.2, 0.25) is 0 Å². The summed E-state index contributed by atoms with van der Waals surface area (Å²) in [6.45, 7) is 1.50. The van der Waals surface area contributed by atoms with Crippen LogP contribution < -0.4 is 10.9 Å². The average Bonchev–Trinajstić information content (AvgIpc) is 2.83. The summed E-state index contributed by atoms with van der Waals surface area (Å²) in [7, 11) is 0. The lowest BCUT2D eigenvalue weighted by Gasteiger charge is -2.43. The Labute approximate surface area is 202 Å². The molecule has 1 aliphatic rings. The summed E-state index contributed by atoms with van der Waals surface area (Å²) >= 11 is 0. The number of aryl methyl sites for hydroxylation is 1. The molecule has 6 nitrogen and oxygen atoms in total. The maximum Gasteiger partial charge on any atom is 0.426 e. The molecular formula is C25H23F5N2O4. The third-order valence-electron chi connectivity index (χ3n) is 6.93. The van der Waals surface area contributed by atoms with Gasteiger partial charge in [-0.15, -0.1) is 0 Å². The Balaban J connectivity index is 1.75. The summed E-state index contributed by atoms with van der Waals surface area (Å²) in [6.07, 6.45) is -5.02. The molecular weight excluding hydrogens is 487 g/mol. The summed E-state index contributed by atoms with van der Waals surface area (Å²) in [5, 5.41) is 16.9. The van der Waals surface area contributed by atoms with Crippen molar-refractivity contribution in [1.29, 1.82) is 0 Å². The molecule has 2 N–H and O–H groups in total. The van der Waals surface area contributed by atoms with Crippen molar-refractivity contribution < 1.29 is 36.4 Å². The molecule has 0 aliphatic heterocycles. The van der Waals surface area contributed by atoms with Gasteiger partial charge in [0.1, 0.15) is 0 Å². The van der Waals surface area contributed by atoms with Crippen molar-refractivity contribution in [2.45, 2.75) is 62.6 Å². The number of carbonyl (C=O) groups excluding carboxylic acids is 1. The Morgan fingerprint density at radius 2 is 1.81 bits per heavy atom. The van der Waals surface area contributed by atoms with Gasteiger partial charge in [0.2, 0.25) is 5.60 Å². The van der Waals surface area contributed by atoms with Gasteiger partial charge in [-0.2, -0.15) is 13.2 Å². The van der Waals surface area contributed by atoms with Gasteiger partial charge < -0.3 is 14.9 Å². The highest BCUT2D eigenvalue weighted by Crippen LogP contribution is 2.49. The molecule has 0 radical (unpaired) electrons. The van der Waals surface area contributed by atoms with E-state index in [1.54, 1.807) is 0 Å². The van der Waals surface area contributed by atoms with Gasteiger partial charge in [-0.25, -0.2) is 13.6 Å². The number of aromatic nitrogens is 1. The second-order valence-corrected chi connectivity index (χ2v) is 9.25. The number of nitrogens with one attached hydrogen (secondary N) is 1. The van der Waals surface area contributed by atoms with E-state index in [0.717, 1.165) is 6.07 Å². The Kier molecular flexibility index (Phi) is 6.63.